The maximum Gasteiger partial charge on any atom is 2.00 e. The van der Waals surface area contributed by atoms with Crippen molar-refractivity contribution in [3.63, 3.8) is 0 Å². The van der Waals surface area contributed by atoms with Crippen LogP contribution in [0.25, 0.3) is 5.73 Å². The Labute approximate surface area is 198 Å². The van der Waals surface area contributed by atoms with E-state index in [0.717, 1.165) is 0 Å². The van der Waals surface area contributed by atoms with Crippen molar-refractivity contribution in [3.05, 3.63) is 113 Å². The van der Waals surface area contributed by atoms with E-state index < -0.39 is 0 Å². The molecular formula is C27H31CuN3. The molecule has 0 aromatic heterocycles. The first kappa shape index (κ1) is 24.6. The number of anilines is 2. The summed E-state index contributed by atoms with van der Waals surface area (Å²) in [4.78, 5) is 4.45. The van der Waals surface area contributed by atoms with Gasteiger partial charge >= 0.3 is 17.1 Å². The zero-order valence-corrected chi connectivity index (χ0v) is 20.1. The Kier molecular flexibility index (Phi) is 8.38. The molecule has 3 aromatic rings. The number of nitrogens with zero attached hydrogens (tertiary/aromatic N) is 2. The van der Waals surface area contributed by atoms with Gasteiger partial charge in [-0.05, 0) is 76.2 Å². The van der Waals surface area contributed by atoms with Crippen molar-refractivity contribution in [2.75, 3.05) is 9.80 Å². The third kappa shape index (κ3) is 5.94. The first-order valence-corrected chi connectivity index (χ1v) is 10.3. The van der Waals surface area contributed by atoms with Crippen LogP contribution in [0.3, 0.4) is 0 Å². The molecule has 0 unspecified atom stereocenters. The maximum absolute atomic E-state index is 7.00. The van der Waals surface area contributed by atoms with Gasteiger partial charge in [-0.25, -0.2) is 0 Å². The van der Waals surface area contributed by atoms with Crippen LogP contribution in [0.4, 0.5) is 17.1 Å². The summed E-state index contributed by atoms with van der Waals surface area (Å²) in [7, 11) is 0. The van der Waals surface area contributed by atoms with Crippen molar-refractivity contribution in [1.82, 2.24) is 0 Å². The standard InChI is InChI=1S/C21H25N2.C6H6N.Cu/c1-14-9-16(3)20(17(4)10-14)22-7-8-23(13-22)21-18(5)11-15(2)12-19(21)6;7-6-4-2-1-3-5-6;/h7-13H,1-6H3;1-5,7H;/q2*-1;+2. The van der Waals surface area contributed by atoms with Crippen LogP contribution in [0.5, 0.6) is 0 Å². The van der Waals surface area contributed by atoms with Crippen LogP contribution in [-0.4, -0.2) is 0 Å². The number of nitrogens with one attached hydrogen (secondary N) is 1. The predicted molar refractivity (Wildman–Crippen MR) is 130 cm³/mol. The van der Waals surface area contributed by atoms with Gasteiger partial charge in [0.15, 0.2) is 0 Å². The Balaban J connectivity index is 0.000000364. The number of aryl methyl sites for hydroxylation is 6. The van der Waals surface area contributed by atoms with E-state index in [0.29, 0.717) is 5.69 Å². The van der Waals surface area contributed by atoms with Gasteiger partial charge in [-0.2, -0.15) is 0 Å². The summed E-state index contributed by atoms with van der Waals surface area (Å²) >= 11 is 0. The van der Waals surface area contributed by atoms with Crippen molar-refractivity contribution in [2.24, 2.45) is 0 Å². The minimum absolute atomic E-state index is 0. The van der Waals surface area contributed by atoms with Crippen molar-refractivity contribution < 1.29 is 17.1 Å². The Morgan fingerprint density at radius 3 is 1.26 bits per heavy atom. The summed E-state index contributed by atoms with van der Waals surface area (Å²) in [6.07, 6.45) is 4.28. The molecule has 1 aliphatic heterocycles. The molecule has 0 saturated carbocycles. The monoisotopic (exact) mass is 460 g/mol. The van der Waals surface area contributed by atoms with E-state index in [4.69, 9.17) is 5.73 Å². The van der Waals surface area contributed by atoms with Gasteiger partial charge in [0.2, 0.25) is 0 Å². The van der Waals surface area contributed by atoms with E-state index in [1.165, 1.54) is 44.8 Å². The summed E-state index contributed by atoms with van der Waals surface area (Å²) < 4.78 is 0. The molecule has 0 aliphatic carbocycles. The van der Waals surface area contributed by atoms with Crippen LogP contribution < -0.4 is 9.80 Å². The Bertz CT molecular complexity index is 946. The molecule has 3 nitrogen and oxygen atoms in total. The fourth-order valence-corrected chi connectivity index (χ4v) is 4.22. The third-order valence-electron chi connectivity index (χ3n) is 5.20. The van der Waals surface area contributed by atoms with Crippen molar-refractivity contribution in [1.29, 1.82) is 0 Å². The van der Waals surface area contributed by atoms with Crippen molar-refractivity contribution in [2.45, 2.75) is 41.5 Å². The van der Waals surface area contributed by atoms with E-state index in [2.05, 4.69) is 94.7 Å². The summed E-state index contributed by atoms with van der Waals surface area (Å²) in [6, 6.07) is 18.1. The van der Waals surface area contributed by atoms with E-state index in [1.807, 2.05) is 18.2 Å². The van der Waals surface area contributed by atoms with Crippen LogP contribution in [-0.2, 0) is 17.1 Å². The molecule has 1 heterocycles. The zero-order chi connectivity index (χ0) is 21.8. The van der Waals surface area contributed by atoms with Crippen LogP contribution in [0.15, 0.2) is 67.0 Å². The fraction of sp³-hybridized carbons (Fsp3) is 0.222. The van der Waals surface area contributed by atoms with Crippen molar-refractivity contribution in [3.8, 4) is 0 Å². The smallest absolute Gasteiger partial charge is 0.699 e. The Morgan fingerprint density at radius 2 is 0.968 bits per heavy atom. The van der Waals surface area contributed by atoms with Crippen molar-refractivity contribution >= 4 is 17.1 Å². The van der Waals surface area contributed by atoms with Gasteiger partial charge in [-0.15, -0.1) is 12.4 Å². The summed E-state index contributed by atoms with van der Waals surface area (Å²) in [5.41, 5.74) is 18.0. The summed E-state index contributed by atoms with van der Waals surface area (Å²) in [6.45, 7) is 15.2. The van der Waals surface area contributed by atoms with Gasteiger partial charge in [-0.1, -0.05) is 65.7 Å². The van der Waals surface area contributed by atoms with Crippen LogP contribution >= 0.6 is 0 Å². The van der Waals surface area contributed by atoms with Gasteiger partial charge in [-0.3, -0.25) is 0 Å². The van der Waals surface area contributed by atoms with Gasteiger partial charge in [0, 0.05) is 11.4 Å². The topological polar surface area (TPSA) is 30.3 Å². The molecule has 31 heavy (non-hydrogen) atoms. The SMILES string of the molecule is Cc1cc(C)c(N2C=CN(c3c(C)cc(C)cc3C)[CH-]2)c(C)c1.[Cu+2].[NH-]c1ccccc1. The first-order valence-electron chi connectivity index (χ1n) is 10.3. The quantitative estimate of drug-likeness (QED) is 0.288. The third-order valence-corrected chi connectivity index (χ3v) is 5.20. The molecule has 0 saturated heterocycles. The average Bonchev–Trinajstić information content (AvgIpc) is 3.10. The van der Waals surface area contributed by atoms with Gasteiger partial charge < -0.3 is 15.5 Å². The molecule has 0 fully saturated rings. The number of rotatable bonds is 2. The second-order valence-corrected chi connectivity index (χ2v) is 8.09. The number of benzene rings is 3. The van der Waals surface area contributed by atoms with E-state index in [-0.39, 0.29) is 17.1 Å². The molecule has 3 aromatic carbocycles. The van der Waals surface area contributed by atoms with E-state index in [9.17, 15) is 0 Å². The van der Waals surface area contributed by atoms with Crippen LogP contribution in [0, 0.1) is 48.2 Å². The molecule has 0 amide bonds. The van der Waals surface area contributed by atoms with E-state index in [1.54, 1.807) is 12.1 Å². The van der Waals surface area contributed by atoms with Gasteiger partial charge in [0.1, 0.15) is 0 Å². The molecule has 1 aliphatic rings. The zero-order valence-electron chi connectivity index (χ0n) is 19.1. The van der Waals surface area contributed by atoms with Gasteiger partial charge in [0.25, 0.3) is 0 Å². The number of hydrogen-bond acceptors (Lipinski definition) is 2. The second kappa shape index (κ2) is 10.6. The normalized spacial score (nSPS) is 12.3. The average molecular weight is 461 g/mol. The summed E-state index contributed by atoms with van der Waals surface area (Å²) in [5, 5.41) is 0. The number of hydrogen-bond donors (Lipinski definition) is 0. The maximum atomic E-state index is 7.00. The minimum atomic E-state index is 0. The molecule has 0 spiro atoms. The van der Waals surface area contributed by atoms with Gasteiger partial charge in [0.05, 0.1) is 0 Å². The minimum Gasteiger partial charge on any atom is -0.699 e. The molecule has 4 heteroatoms. The molecule has 0 atom stereocenters. The fourth-order valence-electron chi connectivity index (χ4n) is 4.22. The Morgan fingerprint density at radius 1 is 0.613 bits per heavy atom. The van der Waals surface area contributed by atoms with E-state index >= 15 is 0 Å². The molecule has 1 radical (unpaired) electrons. The Hall–Kier alpha value is -2.68. The summed E-state index contributed by atoms with van der Waals surface area (Å²) in [5.74, 6) is 0. The second-order valence-electron chi connectivity index (χ2n) is 8.09. The predicted octanol–water partition coefficient (Wildman–Crippen LogP) is 7.82. The molecule has 165 valence electrons. The first-order chi connectivity index (χ1) is 14.3. The van der Waals surface area contributed by atoms with Crippen LogP contribution in [0.1, 0.15) is 33.4 Å². The van der Waals surface area contributed by atoms with Crippen LogP contribution in [0.2, 0.25) is 0 Å². The molecule has 0 bridgehead atoms. The largest absolute Gasteiger partial charge is 2.00 e. The molecule has 4 rings (SSSR count). The molecule has 1 N–H and O–H groups in total. The molecular weight excluding hydrogens is 430 g/mol.